The van der Waals surface area contributed by atoms with E-state index in [1.165, 1.54) is 0 Å². The zero-order valence-corrected chi connectivity index (χ0v) is 6.72. The minimum absolute atomic E-state index is 0.372. The van der Waals surface area contributed by atoms with Crippen molar-refractivity contribution in [3.05, 3.63) is 11.5 Å². The Bertz CT molecular complexity index is 138. The van der Waals surface area contributed by atoms with Gasteiger partial charge in [0.2, 0.25) is 0 Å². The summed E-state index contributed by atoms with van der Waals surface area (Å²) in [6.45, 7) is 7.17. The molecule has 0 amide bonds. The van der Waals surface area contributed by atoms with Crippen LogP contribution in [-0.2, 0) is 0 Å². The van der Waals surface area contributed by atoms with E-state index in [-0.39, 0.29) is 0 Å². The number of unbranched alkanes of at least 4 members (excludes halogenated alkanes) is 1. The molecular weight excluding hydrogens is 126 g/mol. The second kappa shape index (κ2) is 5.03. The molecule has 0 aromatic rings. The normalized spacial score (nSPS) is 12.6. The van der Waals surface area contributed by atoms with Crippen LogP contribution in [0.3, 0.4) is 0 Å². The molecule has 0 aliphatic rings. The highest BCUT2D eigenvalue weighted by molar-refractivity contribution is 5.28. The van der Waals surface area contributed by atoms with Crippen molar-refractivity contribution in [2.75, 3.05) is 0 Å². The predicted octanol–water partition coefficient (Wildman–Crippen LogP) is 2.67. The van der Waals surface area contributed by atoms with Crippen molar-refractivity contribution in [2.45, 2.75) is 33.1 Å². The Morgan fingerprint density at radius 1 is 1.60 bits per heavy atom. The van der Waals surface area contributed by atoms with E-state index in [9.17, 15) is 5.11 Å². The molecule has 0 aromatic carbocycles. The van der Waals surface area contributed by atoms with Crippen LogP contribution in [0.4, 0.5) is 0 Å². The largest absolute Gasteiger partial charge is 0.510 e. The average molecular weight is 141 g/mol. The highest BCUT2D eigenvalue weighted by Crippen LogP contribution is 2.09. The lowest BCUT2D eigenvalue weighted by molar-refractivity contribution is 0.375. The molecule has 0 fully saturated rings. The van der Waals surface area contributed by atoms with Gasteiger partial charge in [-0.2, -0.15) is 0 Å². The molecule has 0 heterocycles. The zero-order valence-electron chi connectivity index (χ0n) is 6.72. The van der Waals surface area contributed by atoms with Crippen LogP contribution in [0.1, 0.15) is 33.1 Å². The minimum Gasteiger partial charge on any atom is -0.510 e. The highest BCUT2D eigenvalue weighted by Gasteiger charge is 1.95. The van der Waals surface area contributed by atoms with Crippen molar-refractivity contribution in [1.82, 2.24) is 0 Å². The highest BCUT2D eigenvalue weighted by atomic mass is 16.3. The summed E-state index contributed by atoms with van der Waals surface area (Å²) in [4.78, 5) is 3.62. The maximum Gasteiger partial charge on any atom is 0.113 e. The lowest BCUT2D eigenvalue weighted by atomic mass is 10.2. The smallest absolute Gasteiger partial charge is 0.113 e. The van der Waals surface area contributed by atoms with Crippen molar-refractivity contribution in [2.24, 2.45) is 4.99 Å². The molecule has 0 saturated heterocycles. The Hall–Kier alpha value is -0.790. The number of allylic oxidation sites excluding steroid dienone is 2. The van der Waals surface area contributed by atoms with Gasteiger partial charge in [-0.15, -0.1) is 0 Å². The number of aliphatic hydroxyl groups is 1. The van der Waals surface area contributed by atoms with Crippen LogP contribution in [-0.4, -0.2) is 11.8 Å². The van der Waals surface area contributed by atoms with Crippen molar-refractivity contribution in [3.8, 4) is 0 Å². The first-order valence-corrected chi connectivity index (χ1v) is 3.57. The summed E-state index contributed by atoms with van der Waals surface area (Å²) in [5, 5.41) is 9.19. The summed E-state index contributed by atoms with van der Waals surface area (Å²) in [7, 11) is 0. The predicted molar refractivity (Wildman–Crippen MR) is 44.4 cm³/mol. The van der Waals surface area contributed by atoms with Crippen LogP contribution < -0.4 is 0 Å². The number of nitrogens with zero attached hydrogens (tertiary/aromatic N) is 1. The molecule has 0 bridgehead atoms. The molecule has 0 aliphatic heterocycles. The first-order chi connectivity index (χ1) is 4.72. The van der Waals surface area contributed by atoms with Crippen molar-refractivity contribution >= 4 is 6.72 Å². The van der Waals surface area contributed by atoms with E-state index < -0.39 is 0 Å². The third kappa shape index (κ3) is 3.28. The molecule has 0 rings (SSSR count). The van der Waals surface area contributed by atoms with Gasteiger partial charge in [-0.05, 0) is 20.1 Å². The molecule has 0 aromatic heterocycles. The Kier molecular flexibility index (Phi) is 4.63. The fraction of sp³-hybridized carbons (Fsp3) is 0.625. The molecule has 0 unspecified atom stereocenters. The molecule has 2 nitrogen and oxygen atoms in total. The summed E-state index contributed by atoms with van der Waals surface area (Å²) < 4.78 is 0. The summed E-state index contributed by atoms with van der Waals surface area (Å²) in [6, 6.07) is 0. The van der Waals surface area contributed by atoms with Crippen LogP contribution in [0.5, 0.6) is 0 Å². The molecule has 0 radical (unpaired) electrons. The Balaban J connectivity index is 3.79. The van der Waals surface area contributed by atoms with Crippen LogP contribution in [0.15, 0.2) is 16.4 Å². The summed E-state index contributed by atoms with van der Waals surface area (Å²) in [5.41, 5.74) is 0.647. The molecule has 0 saturated carbocycles. The summed E-state index contributed by atoms with van der Waals surface area (Å²) in [6.07, 6.45) is 2.83. The Morgan fingerprint density at radius 3 is 2.60 bits per heavy atom. The topological polar surface area (TPSA) is 32.6 Å². The van der Waals surface area contributed by atoms with Crippen LogP contribution in [0.2, 0.25) is 0 Å². The minimum atomic E-state index is 0.372. The van der Waals surface area contributed by atoms with Gasteiger partial charge in [0.1, 0.15) is 5.76 Å². The molecule has 2 heteroatoms. The van der Waals surface area contributed by atoms with Crippen molar-refractivity contribution in [3.63, 3.8) is 0 Å². The van der Waals surface area contributed by atoms with Crippen molar-refractivity contribution < 1.29 is 5.11 Å². The quantitative estimate of drug-likeness (QED) is 0.473. The SMILES string of the molecule is C=N/C(C)=C(\O)CCCC. The monoisotopic (exact) mass is 141 g/mol. The number of hydrogen-bond donors (Lipinski definition) is 1. The Morgan fingerprint density at radius 2 is 2.20 bits per heavy atom. The maximum absolute atomic E-state index is 9.19. The molecule has 0 aliphatic carbocycles. The number of aliphatic imine (C=N–C) groups is 1. The van der Waals surface area contributed by atoms with Gasteiger partial charge in [0.25, 0.3) is 0 Å². The van der Waals surface area contributed by atoms with E-state index in [0.29, 0.717) is 11.5 Å². The molecule has 58 valence electrons. The van der Waals surface area contributed by atoms with E-state index >= 15 is 0 Å². The summed E-state index contributed by atoms with van der Waals surface area (Å²) in [5.74, 6) is 0.372. The maximum atomic E-state index is 9.19. The third-order valence-electron chi connectivity index (χ3n) is 1.42. The molecular formula is C8H15NO. The van der Waals surface area contributed by atoms with E-state index in [1.807, 2.05) is 0 Å². The van der Waals surface area contributed by atoms with Gasteiger partial charge in [-0.1, -0.05) is 13.3 Å². The fourth-order valence-corrected chi connectivity index (χ4v) is 0.616. The van der Waals surface area contributed by atoms with Gasteiger partial charge in [0.05, 0.1) is 5.70 Å². The third-order valence-corrected chi connectivity index (χ3v) is 1.42. The Labute approximate surface area is 62.3 Å². The second-order valence-electron chi connectivity index (χ2n) is 2.29. The van der Waals surface area contributed by atoms with Crippen LogP contribution in [0, 0.1) is 0 Å². The zero-order chi connectivity index (χ0) is 7.98. The molecule has 10 heavy (non-hydrogen) atoms. The van der Waals surface area contributed by atoms with E-state index in [0.717, 1.165) is 19.3 Å². The van der Waals surface area contributed by atoms with E-state index in [2.05, 4.69) is 18.6 Å². The average Bonchev–Trinajstić information content (AvgIpc) is 1.98. The van der Waals surface area contributed by atoms with Gasteiger partial charge in [0.15, 0.2) is 0 Å². The lowest BCUT2D eigenvalue weighted by Gasteiger charge is -1.99. The molecule has 0 spiro atoms. The molecule has 1 N–H and O–H groups in total. The van der Waals surface area contributed by atoms with Crippen molar-refractivity contribution in [1.29, 1.82) is 0 Å². The number of hydrogen-bond acceptors (Lipinski definition) is 2. The van der Waals surface area contributed by atoms with Gasteiger partial charge < -0.3 is 5.11 Å². The second-order valence-corrected chi connectivity index (χ2v) is 2.29. The van der Waals surface area contributed by atoms with E-state index in [4.69, 9.17) is 0 Å². The summed E-state index contributed by atoms with van der Waals surface area (Å²) >= 11 is 0. The number of aliphatic hydroxyl groups excluding tert-OH is 1. The standard InChI is InChI=1S/C8H15NO/c1-4-5-6-8(10)7(2)9-3/h10H,3-6H2,1-2H3/b8-7-. The molecule has 0 atom stereocenters. The van der Waals surface area contributed by atoms with E-state index in [1.54, 1.807) is 6.92 Å². The van der Waals surface area contributed by atoms with Gasteiger partial charge in [-0.3, -0.25) is 4.99 Å². The van der Waals surface area contributed by atoms with Gasteiger partial charge in [0, 0.05) is 6.42 Å². The fourth-order valence-electron chi connectivity index (χ4n) is 0.616. The van der Waals surface area contributed by atoms with Crippen LogP contribution in [0.25, 0.3) is 0 Å². The first-order valence-electron chi connectivity index (χ1n) is 3.57. The first kappa shape index (κ1) is 9.21. The lowest BCUT2D eigenvalue weighted by Crippen LogP contribution is -1.85. The van der Waals surface area contributed by atoms with Crippen LogP contribution >= 0.6 is 0 Å². The van der Waals surface area contributed by atoms with Gasteiger partial charge >= 0.3 is 0 Å². The van der Waals surface area contributed by atoms with Gasteiger partial charge in [-0.25, -0.2) is 0 Å². The number of rotatable bonds is 4.